The highest BCUT2D eigenvalue weighted by molar-refractivity contribution is 5.76. The quantitative estimate of drug-likeness (QED) is 0.580. The zero-order valence-electron chi connectivity index (χ0n) is 6.65. The lowest BCUT2D eigenvalue weighted by atomic mass is 10.2. The van der Waals surface area contributed by atoms with Gasteiger partial charge in [0.05, 0.1) is 29.0 Å². The summed E-state index contributed by atoms with van der Waals surface area (Å²) in [6.45, 7) is 0. The molecule has 0 bridgehead atoms. The van der Waals surface area contributed by atoms with Crippen LogP contribution in [-0.4, -0.2) is 9.55 Å². The van der Waals surface area contributed by atoms with E-state index in [1.165, 1.54) is 0 Å². The van der Waals surface area contributed by atoms with E-state index in [9.17, 15) is 0 Å². The van der Waals surface area contributed by atoms with E-state index in [-0.39, 0.29) is 0 Å². The fourth-order valence-electron chi connectivity index (χ4n) is 1.21. The van der Waals surface area contributed by atoms with E-state index in [1.807, 2.05) is 17.7 Å². The number of imidazole rings is 1. The molecule has 58 valence electrons. The van der Waals surface area contributed by atoms with Gasteiger partial charge in [0.2, 0.25) is 0 Å². The Morgan fingerprint density at radius 2 is 2.33 bits per heavy atom. The summed E-state index contributed by atoms with van der Waals surface area (Å²) in [4.78, 5) is 4.14. The normalized spacial score (nSPS) is 10.0. The topological polar surface area (TPSA) is 41.6 Å². The van der Waals surface area contributed by atoms with E-state index in [4.69, 9.17) is 5.26 Å². The van der Waals surface area contributed by atoms with Gasteiger partial charge in [-0.2, -0.15) is 5.26 Å². The Kier molecular flexibility index (Phi) is 1.34. The predicted octanol–water partition coefficient (Wildman–Crippen LogP) is 1.44. The van der Waals surface area contributed by atoms with Crippen LogP contribution in [0.1, 0.15) is 5.56 Å². The van der Waals surface area contributed by atoms with Crippen LogP contribution in [-0.2, 0) is 7.05 Å². The predicted molar refractivity (Wildman–Crippen MR) is 45.4 cm³/mol. The van der Waals surface area contributed by atoms with Crippen LogP contribution >= 0.6 is 0 Å². The first-order chi connectivity index (χ1) is 5.81. The van der Waals surface area contributed by atoms with E-state index in [0.29, 0.717) is 5.56 Å². The minimum atomic E-state index is 0.654. The number of hydrogen-bond donors (Lipinski definition) is 0. The summed E-state index contributed by atoms with van der Waals surface area (Å²) in [6, 6.07) is 7.57. The molecule has 0 atom stereocenters. The molecule has 12 heavy (non-hydrogen) atoms. The molecule has 0 N–H and O–H groups in total. The Morgan fingerprint density at radius 1 is 1.50 bits per heavy atom. The fraction of sp³-hybridized carbons (Fsp3) is 0.111. The average molecular weight is 157 g/mol. The molecule has 2 rings (SSSR count). The Hall–Kier alpha value is -1.82. The van der Waals surface area contributed by atoms with Gasteiger partial charge in [0.25, 0.3) is 0 Å². The highest BCUT2D eigenvalue weighted by Gasteiger charge is 1.99. The van der Waals surface area contributed by atoms with Crippen molar-refractivity contribution in [1.29, 1.82) is 5.26 Å². The lowest BCUT2D eigenvalue weighted by Gasteiger charge is -1.92. The number of aryl methyl sites for hydroxylation is 1. The van der Waals surface area contributed by atoms with Crippen LogP contribution < -0.4 is 0 Å². The molecular formula is C9H7N3. The average Bonchev–Trinajstić information content (AvgIpc) is 2.47. The highest BCUT2D eigenvalue weighted by atomic mass is 15.0. The number of benzene rings is 1. The molecule has 0 amide bonds. The summed E-state index contributed by atoms with van der Waals surface area (Å²) in [5.74, 6) is 0. The van der Waals surface area contributed by atoms with E-state index in [0.717, 1.165) is 11.0 Å². The van der Waals surface area contributed by atoms with Gasteiger partial charge in [-0.3, -0.25) is 0 Å². The molecule has 2 aromatic rings. The monoisotopic (exact) mass is 157 g/mol. The third kappa shape index (κ3) is 0.857. The smallest absolute Gasteiger partial charge is 0.0992 e. The summed E-state index contributed by atoms with van der Waals surface area (Å²) in [5, 5.41) is 8.62. The van der Waals surface area contributed by atoms with Gasteiger partial charge in [-0.15, -0.1) is 0 Å². The van der Waals surface area contributed by atoms with Gasteiger partial charge in [-0.1, -0.05) is 0 Å². The van der Waals surface area contributed by atoms with Crippen LogP contribution in [0.2, 0.25) is 0 Å². The molecule has 3 heteroatoms. The molecule has 0 aliphatic rings. The molecule has 3 nitrogen and oxygen atoms in total. The lowest BCUT2D eigenvalue weighted by molar-refractivity contribution is 0.947. The summed E-state index contributed by atoms with van der Waals surface area (Å²) >= 11 is 0. The van der Waals surface area contributed by atoms with Crippen molar-refractivity contribution in [3.63, 3.8) is 0 Å². The van der Waals surface area contributed by atoms with Crippen molar-refractivity contribution >= 4 is 11.0 Å². The number of nitrogens with zero attached hydrogens (tertiary/aromatic N) is 3. The first kappa shape index (κ1) is 6.86. The molecule has 0 radical (unpaired) electrons. The van der Waals surface area contributed by atoms with Gasteiger partial charge < -0.3 is 4.57 Å². The number of aromatic nitrogens is 2. The molecule has 0 aliphatic heterocycles. The minimum Gasteiger partial charge on any atom is -0.334 e. The van der Waals surface area contributed by atoms with Crippen LogP contribution in [0.4, 0.5) is 0 Å². The molecule has 0 saturated heterocycles. The summed E-state index contributed by atoms with van der Waals surface area (Å²) in [7, 11) is 1.93. The van der Waals surface area contributed by atoms with Gasteiger partial charge in [0.15, 0.2) is 0 Å². The Bertz CT molecular complexity index is 462. The maximum atomic E-state index is 8.62. The van der Waals surface area contributed by atoms with Gasteiger partial charge in [-0.05, 0) is 18.2 Å². The molecule has 0 spiro atoms. The van der Waals surface area contributed by atoms with E-state index >= 15 is 0 Å². The summed E-state index contributed by atoms with van der Waals surface area (Å²) < 4.78 is 1.93. The van der Waals surface area contributed by atoms with E-state index in [2.05, 4.69) is 11.1 Å². The van der Waals surface area contributed by atoms with Gasteiger partial charge in [0.1, 0.15) is 0 Å². The molecule has 0 unspecified atom stereocenters. The molecule has 1 aromatic carbocycles. The zero-order chi connectivity index (χ0) is 8.55. The first-order valence-corrected chi connectivity index (χ1v) is 3.62. The lowest BCUT2D eigenvalue weighted by Crippen LogP contribution is -1.83. The Morgan fingerprint density at radius 3 is 3.08 bits per heavy atom. The number of rotatable bonds is 0. The van der Waals surface area contributed by atoms with Crippen LogP contribution in [0.25, 0.3) is 11.0 Å². The van der Waals surface area contributed by atoms with Crippen molar-refractivity contribution in [1.82, 2.24) is 9.55 Å². The third-order valence-corrected chi connectivity index (χ3v) is 1.85. The second kappa shape index (κ2) is 2.35. The van der Waals surface area contributed by atoms with E-state index < -0.39 is 0 Å². The number of nitriles is 1. The van der Waals surface area contributed by atoms with Crippen molar-refractivity contribution < 1.29 is 0 Å². The largest absolute Gasteiger partial charge is 0.334 e. The van der Waals surface area contributed by atoms with Crippen LogP contribution in [0.3, 0.4) is 0 Å². The molecule has 0 fully saturated rings. The van der Waals surface area contributed by atoms with Crippen LogP contribution in [0, 0.1) is 11.3 Å². The van der Waals surface area contributed by atoms with Crippen LogP contribution in [0.15, 0.2) is 24.5 Å². The van der Waals surface area contributed by atoms with Crippen molar-refractivity contribution in [2.45, 2.75) is 0 Å². The van der Waals surface area contributed by atoms with Crippen molar-refractivity contribution in [3.8, 4) is 6.07 Å². The van der Waals surface area contributed by atoms with Crippen molar-refractivity contribution in [2.24, 2.45) is 7.05 Å². The van der Waals surface area contributed by atoms with Gasteiger partial charge in [-0.25, -0.2) is 4.98 Å². The molecule has 0 saturated carbocycles. The summed E-state index contributed by atoms with van der Waals surface area (Å²) in [5.41, 5.74) is 2.58. The maximum absolute atomic E-state index is 8.62. The van der Waals surface area contributed by atoms with Crippen LogP contribution in [0.5, 0.6) is 0 Å². The first-order valence-electron chi connectivity index (χ1n) is 3.62. The molecule has 0 aliphatic carbocycles. The second-order valence-electron chi connectivity index (χ2n) is 2.67. The Balaban J connectivity index is 2.80. The number of fused-ring (bicyclic) bond motifs is 1. The fourth-order valence-corrected chi connectivity index (χ4v) is 1.21. The zero-order valence-corrected chi connectivity index (χ0v) is 6.65. The number of hydrogen-bond acceptors (Lipinski definition) is 2. The molecule has 1 aromatic heterocycles. The maximum Gasteiger partial charge on any atom is 0.0992 e. The molecular weight excluding hydrogens is 150 g/mol. The molecule has 1 heterocycles. The second-order valence-corrected chi connectivity index (χ2v) is 2.67. The van der Waals surface area contributed by atoms with Crippen molar-refractivity contribution in [2.75, 3.05) is 0 Å². The van der Waals surface area contributed by atoms with Gasteiger partial charge >= 0.3 is 0 Å². The Labute approximate surface area is 69.9 Å². The highest BCUT2D eigenvalue weighted by Crippen LogP contribution is 2.12. The summed E-state index contributed by atoms with van der Waals surface area (Å²) in [6.07, 6.45) is 1.74. The minimum absolute atomic E-state index is 0.654. The van der Waals surface area contributed by atoms with E-state index in [1.54, 1.807) is 18.5 Å². The van der Waals surface area contributed by atoms with Crippen molar-refractivity contribution in [3.05, 3.63) is 30.1 Å². The third-order valence-electron chi connectivity index (χ3n) is 1.85. The SMILES string of the molecule is Cn1cnc2cc(C#N)ccc21. The van der Waals surface area contributed by atoms with Gasteiger partial charge in [0, 0.05) is 7.05 Å². The standard InChI is InChI=1S/C9H7N3/c1-12-6-11-8-4-7(5-10)2-3-9(8)12/h2-4,6H,1H3.